The highest BCUT2D eigenvalue weighted by molar-refractivity contribution is 5.95. The Morgan fingerprint density at radius 1 is 1.04 bits per heavy atom. The standard InChI is InChI=1S/C15H18F3N3O2/c1-5-21(6-2)13-9-7-8-10(22-3)12(23-4)11(9)19-14(20-13)15(16,17)18/h7-8H,5-6H2,1-4H3. The number of hydrogen-bond donors (Lipinski definition) is 0. The number of anilines is 1. The lowest BCUT2D eigenvalue weighted by Gasteiger charge is -2.23. The van der Waals surface area contributed by atoms with Crippen molar-refractivity contribution in [2.75, 3.05) is 32.2 Å². The molecule has 0 atom stereocenters. The predicted octanol–water partition coefficient (Wildman–Crippen LogP) is 3.51. The lowest BCUT2D eigenvalue weighted by atomic mass is 10.2. The van der Waals surface area contributed by atoms with Gasteiger partial charge in [0, 0.05) is 18.5 Å². The second-order valence-electron chi connectivity index (χ2n) is 4.74. The number of fused-ring (bicyclic) bond motifs is 1. The van der Waals surface area contributed by atoms with Crippen LogP contribution in [0.15, 0.2) is 12.1 Å². The average Bonchev–Trinajstić information content (AvgIpc) is 2.53. The van der Waals surface area contributed by atoms with Crippen molar-refractivity contribution in [2.45, 2.75) is 20.0 Å². The van der Waals surface area contributed by atoms with Gasteiger partial charge in [0.1, 0.15) is 11.3 Å². The first-order valence-corrected chi connectivity index (χ1v) is 7.12. The fourth-order valence-electron chi connectivity index (χ4n) is 2.38. The molecule has 1 heterocycles. The van der Waals surface area contributed by atoms with Gasteiger partial charge in [-0.2, -0.15) is 13.2 Å². The number of benzene rings is 1. The average molecular weight is 329 g/mol. The molecule has 1 aromatic carbocycles. The third-order valence-electron chi connectivity index (χ3n) is 3.51. The summed E-state index contributed by atoms with van der Waals surface area (Å²) >= 11 is 0. The maximum absolute atomic E-state index is 13.2. The molecule has 8 heteroatoms. The summed E-state index contributed by atoms with van der Waals surface area (Å²) in [6.45, 7) is 4.75. The smallest absolute Gasteiger partial charge is 0.451 e. The molecular formula is C15H18F3N3O2. The van der Waals surface area contributed by atoms with E-state index >= 15 is 0 Å². The van der Waals surface area contributed by atoms with Crippen molar-refractivity contribution in [3.8, 4) is 11.5 Å². The highest BCUT2D eigenvalue weighted by atomic mass is 19.4. The highest BCUT2D eigenvalue weighted by Crippen LogP contribution is 2.39. The molecule has 126 valence electrons. The monoisotopic (exact) mass is 329 g/mol. The SMILES string of the molecule is CCN(CC)c1nc(C(F)(F)F)nc2c(OC)c(OC)ccc12. The van der Waals surface area contributed by atoms with Crippen molar-refractivity contribution in [2.24, 2.45) is 0 Å². The Labute approximate surface area is 132 Å². The van der Waals surface area contributed by atoms with Gasteiger partial charge in [-0.05, 0) is 26.0 Å². The van der Waals surface area contributed by atoms with Crippen LogP contribution in [0.5, 0.6) is 11.5 Å². The molecule has 0 fully saturated rings. The molecule has 23 heavy (non-hydrogen) atoms. The Kier molecular flexibility index (Phi) is 4.82. The maximum atomic E-state index is 13.2. The fourth-order valence-corrected chi connectivity index (χ4v) is 2.38. The van der Waals surface area contributed by atoms with Crippen molar-refractivity contribution in [3.05, 3.63) is 18.0 Å². The molecule has 1 aromatic heterocycles. The topological polar surface area (TPSA) is 47.5 Å². The molecule has 0 saturated heterocycles. The summed E-state index contributed by atoms with van der Waals surface area (Å²) in [5.74, 6) is -0.490. The van der Waals surface area contributed by atoms with Crippen LogP contribution in [0.1, 0.15) is 19.7 Å². The lowest BCUT2D eigenvalue weighted by Crippen LogP contribution is -2.25. The lowest BCUT2D eigenvalue weighted by molar-refractivity contribution is -0.144. The zero-order chi connectivity index (χ0) is 17.2. The van der Waals surface area contributed by atoms with Gasteiger partial charge in [0.05, 0.1) is 14.2 Å². The first-order chi connectivity index (χ1) is 10.9. The van der Waals surface area contributed by atoms with Crippen molar-refractivity contribution >= 4 is 16.7 Å². The van der Waals surface area contributed by atoms with Gasteiger partial charge in [-0.25, -0.2) is 9.97 Å². The Morgan fingerprint density at radius 2 is 1.70 bits per heavy atom. The summed E-state index contributed by atoms with van der Waals surface area (Å²) in [6.07, 6.45) is -4.65. The first-order valence-electron chi connectivity index (χ1n) is 7.12. The van der Waals surface area contributed by atoms with Crippen molar-refractivity contribution in [3.63, 3.8) is 0 Å². The van der Waals surface area contributed by atoms with Crippen LogP contribution in [-0.2, 0) is 6.18 Å². The molecule has 0 saturated carbocycles. The van der Waals surface area contributed by atoms with Gasteiger partial charge < -0.3 is 14.4 Å². The van der Waals surface area contributed by atoms with Crippen molar-refractivity contribution in [1.82, 2.24) is 9.97 Å². The normalized spacial score (nSPS) is 11.6. The van der Waals surface area contributed by atoms with Gasteiger partial charge in [0.25, 0.3) is 0 Å². The van der Waals surface area contributed by atoms with E-state index in [1.807, 2.05) is 13.8 Å². The molecule has 0 aliphatic heterocycles. The van der Waals surface area contributed by atoms with Gasteiger partial charge in [-0.15, -0.1) is 0 Å². The van der Waals surface area contributed by atoms with Crippen LogP contribution < -0.4 is 14.4 Å². The molecule has 0 amide bonds. The van der Waals surface area contributed by atoms with Gasteiger partial charge in [-0.1, -0.05) is 0 Å². The van der Waals surface area contributed by atoms with E-state index in [-0.39, 0.29) is 17.1 Å². The van der Waals surface area contributed by atoms with Crippen LogP contribution in [0.3, 0.4) is 0 Å². The minimum absolute atomic E-state index is 0.0797. The zero-order valence-corrected chi connectivity index (χ0v) is 13.4. The van der Waals surface area contributed by atoms with Crippen LogP contribution in [0.2, 0.25) is 0 Å². The Bertz CT molecular complexity index is 700. The molecule has 0 aliphatic carbocycles. The third-order valence-corrected chi connectivity index (χ3v) is 3.51. The van der Waals surface area contributed by atoms with Gasteiger partial charge in [0.15, 0.2) is 11.5 Å². The molecule has 0 aliphatic rings. The first kappa shape index (κ1) is 17.1. The van der Waals surface area contributed by atoms with Crippen LogP contribution >= 0.6 is 0 Å². The molecule has 0 spiro atoms. The number of hydrogen-bond acceptors (Lipinski definition) is 5. The molecule has 0 radical (unpaired) electrons. The highest BCUT2D eigenvalue weighted by Gasteiger charge is 2.36. The van der Waals surface area contributed by atoms with E-state index in [0.29, 0.717) is 24.2 Å². The third kappa shape index (κ3) is 3.11. The molecule has 0 bridgehead atoms. The second-order valence-corrected chi connectivity index (χ2v) is 4.74. The summed E-state index contributed by atoms with van der Waals surface area (Å²) in [5.41, 5.74) is 0.0797. The number of halogens is 3. The predicted molar refractivity (Wildman–Crippen MR) is 81.2 cm³/mol. The maximum Gasteiger partial charge on any atom is 0.451 e. The number of methoxy groups -OCH3 is 2. The molecule has 2 rings (SSSR count). The van der Waals surface area contributed by atoms with Crippen LogP contribution in [0.4, 0.5) is 19.0 Å². The number of nitrogens with zero attached hydrogens (tertiary/aromatic N) is 3. The number of alkyl halides is 3. The molecule has 0 unspecified atom stereocenters. The largest absolute Gasteiger partial charge is 0.493 e. The summed E-state index contributed by atoms with van der Waals surface area (Å²) < 4.78 is 49.9. The van der Waals surface area contributed by atoms with E-state index in [4.69, 9.17) is 9.47 Å². The van der Waals surface area contributed by atoms with Gasteiger partial charge >= 0.3 is 6.18 Å². The fraction of sp³-hybridized carbons (Fsp3) is 0.467. The summed E-state index contributed by atoms with van der Waals surface area (Å²) in [4.78, 5) is 9.15. The minimum Gasteiger partial charge on any atom is -0.493 e. The van der Waals surface area contributed by atoms with Crippen LogP contribution in [-0.4, -0.2) is 37.3 Å². The van der Waals surface area contributed by atoms with E-state index in [9.17, 15) is 13.2 Å². The number of ether oxygens (including phenoxy) is 2. The quantitative estimate of drug-likeness (QED) is 0.840. The molecule has 2 aromatic rings. The van der Waals surface area contributed by atoms with E-state index in [1.165, 1.54) is 14.2 Å². The zero-order valence-electron chi connectivity index (χ0n) is 13.4. The van der Waals surface area contributed by atoms with Gasteiger partial charge in [-0.3, -0.25) is 0 Å². The van der Waals surface area contributed by atoms with E-state index in [0.717, 1.165) is 0 Å². The van der Waals surface area contributed by atoms with Crippen molar-refractivity contribution < 1.29 is 22.6 Å². The molecule has 0 N–H and O–H groups in total. The van der Waals surface area contributed by atoms with E-state index in [1.54, 1.807) is 17.0 Å². The van der Waals surface area contributed by atoms with Crippen LogP contribution in [0.25, 0.3) is 10.9 Å². The van der Waals surface area contributed by atoms with Gasteiger partial charge in [0.2, 0.25) is 5.82 Å². The van der Waals surface area contributed by atoms with E-state index in [2.05, 4.69) is 9.97 Å². The minimum atomic E-state index is -4.65. The molecular weight excluding hydrogens is 311 g/mol. The van der Waals surface area contributed by atoms with Crippen LogP contribution in [0, 0.1) is 0 Å². The summed E-state index contributed by atoms with van der Waals surface area (Å²) in [6, 6.07) is 3.27. The summed E-state index contributed by atoms with van der Waals surface area (Å²) in [5, 5.41) is 0.486. The van der Waals surface area contributed by atoms with E-state index < -0.39 is 12.0 Å². The Morgan fingerprint density at radius 3 is 2.17 bits per heavy atom. The van der Waals surface area contributed by atoms with Crippen molar-refractivity contribution in [1.29, 1.82) is 0 Å². The molecule has 5 nitrogen and oxygen atoms in total. The number of aromatic nitrogens is 2. The Hall–Kier alpha value is -2.25. The summed E-state index contributed by atoms with van der Waals surface area (Å²) in [7, 11) is 2.78. The Balaban J connectivity index is 2.88. The second kappa shape index (κ2) is 6.47. The number of rotatable bonds is 5.